The van der Waals surface area contributed by atoms with Gasteiger partial charge in [-0.25, -0.2) is 0 Å². The second-order valence-electron chi connectivity index (χ2n) is 12.9. The van der Waals surface area contributed by atoms with Crippen LogP contribution in [0.2, 0.25) is 28.2 Å². The van der Waals surface area contributed by atoms with Crippen LogP contribution in [0.15, 0.2) is 42.5 Å². The summed E-state index contributed by atoms with van der Waals surface area (Å²) >= 11 is 13.2. The zero-order chi connectivity index (χ0) is 27.9. The summed E-state index contributed by atoms with van der Waals surface area (Å²) in [5, 5.41) is 4.87. The topological polar surface area (TPSA) is 47.6 Å². The van der Waals surface area contributed by atoms with Crippen LogP contribution in [0, 0.1) is 11.3 Å². The molecule has 1 aliphatic heterocycles. The summed E-state index contributed by atoms with van der Waals surface area (Å²) in [7, 11) is -1.74. The fourth-order valence-electron chi connectivity index (χ4n) is 6.20. The van der Waals surface area contributed by atoms with Crippen molar-refractivity contribution in [1.29, 1.82) is 0 Å². The van der Waals surface area contributed by atoms with Gasteiger partial charge >= 0.3 is 0 Å². The van der Waals surface area contributed by atoms with Crippen molar-refractivity contribution >= 4 is 37.4 Å². The van der Waals surface area contributed by atoms with Gasteiger partial charge in [-0.3, -0.25) is 4.79 Å². The number of halogens is 2. The minimum absolute atomic E-state index is 0.0888. The molecule has 2 aromatic rings. The highest BCUT2D eigenvalue weighted by molar-refractivity contribution is 6.74. The van der Waals surface area contributed by atoms with Crippen molar-refractivity contribution in [3.8, 4) is 5.75 Å². The van der Waals surface area contributed by atoms with E-state index >= 15 is 0 Å². The Morgan fingerprint density at radius 1 is 1.08 bits per heavy atom. The molecule has 1 saturated carbocycles. The van der Waals surface area contributed by atoms with E-state index < -0.39 is 8.32 Å². The minimum Gasteiger partial charge on any atom is -0.493 e. The normalized spacial score (nSPS) is 27.7. The number of amides is 1. The first kappa shape index (κ1) is 29.4. The fourth-order valence-corrected chi connectivity index (χ4v) is 7.73. The molecular weight excluding hydrogens is 533 g/mol. The number of hydrogen-bond donors (Lipinski definition) is 1. The van der Waals surface area contributed by atoms with Gasteiger partial charge in [0.1, 0.15) is 5.75 Å². The van der Waals surface area contributed by atoms with Crippen LogP contribution in [0.4, 0.5) is 0 Å². The molecule has 1 amide bonds. The molecule has 7 heteroatoms. The lowest BCUT2D eigenvalue weighted by Gasteiger charge is -2.46. The average molecular weight is 577 g/mol. The second kappa shape index (κ2) is 11.2. The van der Waals surface area contributed by atoms with Gasteiger partial charge in [0.15, 0.2) is 8.32 Å². The van der Waals surface area contributed by atoms with Crippen LogP contribution in [0.1, 0.15) is 76.8 Å². The number of hydrogen-bond acceptors (Lipinski definition) is 3. The molecule has 0 unspecified atom stereocenters. The highest BCUT2D eigenvalue weighted by atomic mass is 35.5. The Morgan fingerprint density at radius 2 is 1.76 bits per heavy atom. The fraction of sp³-hybridized carbons (Fsp3) is 0.581. The Labute approximate surface area is 239 Å². The van der Waals surface area contributed by atoms with Crippen LogP contribution in [0.3, 0.4) is 0 Å². The first-order valence-electron chi connectivity index (χ1n) is 13.9. The lowest BCUT2D eigenvalue weighted by molar-refractivity contribution is -0.129. The Balaban J connectivity index is 1.50. The van der Waals surface area contributed by atoms with Crippen molar-refractivity contribution in [2.75, 3.05) is 13.2 Å². The molecule has 1 N–H and O–H groups in total. The zero-order valence-corrected chi connectivity index (χ0v) is 26.4. The monoisotopic (exact) mass is 575 g/mol. The first-order valence-corrected chi connectivity index (χ1v) is 17.5. The van der Waals surface area contributed by atoms with Gasteiger partial charge in [0, 0.05) is 35.0 Å². The Morgan fingerprint density at radius 3 is 2.39 bits per heavy atom. The summed E-state index contributed by atoms with van der Waals surface area (Å²) in [5.41, 5.74) is 1.94. The van der Waals surface area contributed by atoms with Crippen molar-refractivity contribution in [2.24, 2.45) is 11.3 Å². The van der Waals surface area contributed by atoms with E-state index in [0.717, 1.165) is 35.6 Å². The third kappa shape index (κ3) is 5.82. The zero-order valence-electron chi connectivity index (χ0n) is 23.9. The molecule has 208 valence electrons. The van der Waals surface area contributed by atoms with Gasteiger partial charge in [0.05, 0.1) is 12.0 Å². The molecule has 0 aromatic heterocycles. The minimum atomic E-state index is -1.74. The van der Waals surface area contributed by atoms with Crippen molar-refractivity contribution in [3.05, 3.63) is 63.6 Å². The predicted molar refractivity (Wildman–Crippen MR) is 160 cm³/mol. The van der Waals surface area contributed by atoms with Gasteiger partial charge in [-0.2, -0.15) is 0 Å². The van der Waals surface area contributed by atoms with Crippen LogP contribution < -0.4 is 10.1 Å². The molecule has 0 radical (unpaired) electrons. The molecule has 2 fully saturated rings. The summed E-state index contributed by atoms with van der Waals surface area (Å²) in [6.45, 7) is 16.9. The lowest BCUT2D eigenvalue weighted by Crippen LogP contribution is -2.42. The summed E-state index contributed by atoms with van der Waals surface area (Å²) < 4.78 is 12.3. The molecule has 1 heterocycles. The molecule has 1 saturated heterocycles. The molecule has 4 rings (SSSR count). The number of carbonyl (C=O) groups excluding carboxylic acids is 1. The van der Waals surface area contributed by atoms with Crippen LogP contribution in [-0.2, 0) is 9.22 Å². The first-order chi connectivity index (χ1) is 17.7. The Kier molecular flexibility index (Phi) is 8.64. The largest absolute Gasteiger partial charge is 0.493 e. The second-order valence-corrected chi connectivity index (χ2v) is 18.6. The molecule has 0 spiro atoms. The lowest BCUT2D eigenvalue weighted by atomic mass is 9.56. The summed E-state index contributed by atoms with van der Waals surface area (Å²) in [4.78, 5) is 13.0. The molecule has 4 nitrogen and oxygen atoms in total. The quantitative estimate of drug-likeness (QED) is 0.253. The van der Waals surface area contributed by atoms with Gasteiger partial charge in [-0.05, 0) is 85.1 Å². The van der Waals surface area contributed by atoms with Crippen LogP contribution >= 0.6 is 23.2 Å². The van der Waals surface area contributed by atoms with E-state index in [1.807, 2.05) is 24.3 Å². The highest BCUT2D eigenvalue weighted by Crippen LogP contribution is 2.59. The van der Waals surface area contributed by atoms with Gasteiger partial charge in [-0.15, -0.1) is 0 Å². The standard InChI is InChI=1S/C31H43Cl2NO3Si/c1-20-28-27(21-9-11-22(32)12-10-21)25(15-16-31(28,5)29(35)34-20)24-14-13-23(19-26(24)33)36-17-8-18-37-38(6,7)30(2,3)4/h9-14,19-20,25,27-28H,8,15-18H2,1-7H3,(H,34,35)/t20-,25+,27+,28+,31-/m1/s1. The Bertz CT molecular complexity index is 1150. The van der Waals surface area contributed by atoms with Crippen molar-refractivity contribution in [1.82, 2.24) is 5.32 Å². The van der Waals surface area contributed by atoms with Crippen LogP contribution in [-0.4, -0.2) is 33.5 Å². The number of carbonyl (C=O) groups is 1. The predicted octanol–water partition coefficient (Wildman–Crippen LogP) is 8.59. The van der Waals surface area contributed by atoms with Gasteiger partial charge in [0.2, 0.25) is 5.91 Å². The number of ether oxygens (including phenoxy) is 1. The van der Waals surface area contributed by atoms with Crippen LogP contribution in [0.25, 0.3) is 0 Å². The highest BCUT2D eigenvalue weighted by Gasteiger charge is 2.57. The third-order valence-electron chi connectivity index (χ3n) is 9.40. The van der Waals surface area contributed by atoms with E-state index in [9.17, 15) is 4.79 Å². The van der Waals surface area contributed by atoms with Crippen molar-refractivity contribution in [3.63, 3.8) is 0 Å². The van der Waals surface area contributed by atoms with Gasteiger partial charge in [0.25, 0.3) is 0 Å². The maximum atomic E-state index is 13.0. The average Bonchev–Trinajstić information content (AvgIpc) is 3.06. The molecule has 0 bridgehead atoms. The maximum absolute atomic E-state index is 13.0. The van der Waals surface area contributed by atoms with E-state index in [1.165, 1.54) is 5.56 Å². The van der Waals surface area contributed by atoms with Crippen molar-refractivity contribution in [2.45, 2.75) is 89.9 Å². The van der Waals surface area contributed by atoms with E-state index in [0.29, 0.717) is 18.2 Å². The number of rotatable bonds is 8. The third-order valence-corrected chi connectivity index (χ3v) is 14.5. The summed E-state index contributed by atoms with van der Waals surface area (Å²) in [6.07, 6.45) is 2.57. The maximum Gasteiger partial charge on any atom is 0.226 e. The molecular formula is C31H43Cl2NO3Si. The van der Waals surface area contributed by atoms with E-state index in [4.69, 9.17) is 32.4 Å². The van der Waals surface area contributed by atoms with Gasteiger partial charge in [-0.1, -0.05) is 69.1 Å². The SMILES string of the molecule is C[C@H]1NC(=O)[C@]2(C)CC[C@@H](c3ccc(OCCCO[Si](C)(C)C(C)(C)C)cc3Cl)[C@H](c3ccc(Cl)cc3)[C@H]12. The molecule has 5 atom stereocenters. The molecule has 1 aliphatic carbocycles. The van der Waals surface area contributed by atoms with E-state index in [2.05, 4.69) is 71.2 Å². The number of benzene rings is 2. The van der Waals surface area contributed by atoms with Gasteiger partial charge < -0.3 is 14.5 Å². The number of fused-ring (bicyclic) bond motifs is 1. The molecule has 2 aliphatic rings. The Hall–Kier alpha value is -1.53. The van der Waals surface area contributed by atoms with Crippen LogP contribution in [0.5, 0.6) is 5.75 Å². The number of nitrogens with one attached hydrogen (secondary N) is 1. The smallest absolute Gasteiger partial charge is 0.226 e. The molecule has 38 heavy (non-hydrogen) atoms. The summed E-state index contributed by atoms with van der Waals surface area (Å²) in [5.74, 6) is 1.46. The van der Waals surface area contributed by atoms with E-state index in [1.54, 1.807) is 0 Å². The van der Waals surface area contributed by atoms with E-state index in [-0.39, 0.29) is 40.2 Å². The summed E-state index contributed by atoms with van der Waals surface area (Å²) in [6, 6.07) is 14.3. The molecule has 2 aromatic carbocycles. The van der Waals surface area contributed by atoms with Crippen molar-refractivity contribution < 1.29 is 14.0 Å².